The first-order valence-electron chi connectivity index (χ1n) is 3.44. The third-order valence-electron chi connectivity index (χ3n) is 1.41. The second kappa shape index (κ2) is 3.74. The summed E-state index contributed by atoms with van der Waals surface area (Å²) in [6.45, 7) is -0.874. The molecular weight excluding hydrogens is 176 g/mol. The Morgan fingerprint density at radius 2 is 2.31 bits per heavy atom. The Kier molecular flexibility index (Phi) is 2.68. The van der Waals surface area contributed by atoms with Crippen molar-refractivity contribution in [3.63, 3.8) is 0 Å². The number of rotatable bonds is 3. The van der Waals surface area contributed by atoms with E-state index in [9.17, 15) is 8.78 Å². The van der Waals surface area contributed by atoms with E-state index in [0.29, 0.717) is 0 Å². The molecule has 0 bridgehead atoms. The van der Waals surface area contributed by atoms with Crippen LogP contribution >= 0.6 is 0 Å². The van der Waals surface area contributed by atoms with Crippen molar-refractivity contribution >= 4 is 0 Å². The molecule has 1 aromatic rings. The van der Waals surface area contributed by atoms with Crippen molar-refractivity contribution in [2.75, 3.05) is 6.54 Å². The minimum Gasteiger partial charge on any atom is -0.201 e. The molecule has 0 aliphatic rings. The molecule has 66 valence electrons. The molecule has 3 nitrogen and oxygen atoms in total. The van der Waals surface area contributed by atoms with Crippen molar-refractivity contribution < 1.29 is 8.78 Å². The van der Waals surface area contributed by atoms with Crippen molar-refractivity contribution in [2.45, 2.75) is 5.92 Å². The molecule has 0 radical (unpaired) electrons. The third kappa shape index (κ3) is 2.32. The molecule has 13 heavy (non-hydrogen) atoms. The quantitative estimate of drug-likeness (QED) is 0.391. The highest BCUT2D eigenvalue weighted by molar-refractivity contribution is 5.16. The number of azide groups is 1. The summed E-state index contributed by atoms with van der Waals surface area (Å²) in [7, 11) is 0. The van der Waals surface area contributed by atoms with Crippen LogP contribution < -0.4 is 0 Å². The molecule has 1 aromatic carbocycles. The van der Waals surface area contributed by atoms with Gasteiger partial charge in [-0.15, -0.1) is 0 Å². The molecule has 0 spiro atoms. The monoisotopic (exact) mass is 181 g/mol. The largest absolute Gasteiger partial charge is 0.279 e. The number of alkyl halides is 2. The summed E-state index contributed by atoms with van der Waals surface area (Å²) in [5.41, 5.74) is 7.66. The van der Waals surface area contributed by atoms with Gasteiger partial charge >= 0.3 is 0 Å². The van der Waals surface area contributed by atoms with Crippen LogP contribution in [-0.4, -0.2) is 6.54 Å². The first kappa shape index (κ1) is 9.30. The number of halogens is 2. The van der Waals surface area contributed by atoms with E-state index in [1.165, 1.54) is 12.1 Å². The van der Waals surface area contributed by atoms with Gasteiger partial charge in [0, 0.05) is 10.5 Å². The molecule has 0 amide bonds. The Morgan fingerprint density at radius 3 is 2.85 bits per heavy atom. The van der Waals surface area contributed by atoms with Crippen LogP contribution in [0.4, 0.5) is 8.78 Å². The van der Waals surface area contributed by atoms with Crippen LogP contribution in [0.1, 0.15) is 5.56 Å². The maximum absolute atomic E-state index is 13.0. The standard InChI is InChI=1S/C8H5F2N3/c9-8(10,6-12-13-11)7-4-2-1-3-5-7/h2,4-5H,6H2. The zero-order valence-electron chi connectivity index (χ0n) is 6.54. The van der Waals surface area contributed by atoms with Gasteiger partial charge in [-0.05, 0) is 23.7 Å². The molecule has 0 aliphatic heterocycles. The molecule has 0 aromatic heterocycles. The fourth-order valence-electron chi connectivity index (χ4n) is 0.786. The summed E-state index contributed by atoms with van der Waals surface area (Å²) < 4.78 is 26.1. The van der Waals surface area contributed by atoms with E-state index in [4.69, 9.17) is 5.53 Å². The van der Waals surface area contributed by atoms with Crippen LogP contribution in [0.2, 0.25) is 0 Å². The second-order valence-corrected chi connectivity index (χ2v) is 2.32. The van der Waals surface area contributed by atoms with Crippen LogP contribution in [0.5, 0.6) is 0 Å². The molecule has 0 aliphatic carbocycles. The van der Waals surface area contributed by atoms with Gasteiger partial charge in [-0.1, -0.05) is 17.2 Å². The number of hydrogen-bond acceptors (Lipinski definition) is 1. The predicted octanol–water partition coefficient (Wildman–Crippen LogP) is 2.69. The van der Waals surface area contributed by atoms with E-state index in [0.717, 1.165) is 6.07 Å². The Bertz CT molecular complexity index is 317. The van der Waals surface area contributed by atoms with Crippen LogP contribution in [0, 0.1) is 12.1 Å². The van der Waals surface area contributed by atoms with E-state index in [1.807, 2.05) is 0 Å². The topological polar surface area (TPSA) is 48.8 Å². The molecule has 0 saturated carbocycles. The summed E-state index contributed by atoms with van der Waals surface area (Å²) in [4.78, 5) is 2.27. The van der Waals surface area contributed by atoms with Gasteiger partial charge in [0.05, 0.1) is 6.54 Å². The maximum atomic E-state index is 13.0. The van der Waals surface area contributed by atoms with Gasteiger partial charge < -0.3 is 0 Å². The Morgan fingerprint density at radius 1 is 1.54 bits per heavy atom. The van der Waals surface area contributed by atoms with Gasteiger partial charge in [0.15, 0.2) is 0 Å². The van der Waals surface area contributed by atoms with Gasteiger partial charge in [0.25, 0.3) is 5.92 Å². The highest BCUT2D eigenvalue weighted by Crippen LogP contribution is 2.27. The van der Waals surface area contributed by atoms with E-state index < -0.39 is 12.5 Å². The zero-order valence-corrected chi connectivity index (χ0v) is 6.54. The predicted molar refractivity (Wildman–Crippen MR) is 42.0 cm³/mol. The minimum absolute atomic E-state index is 0.223. The summed E-state index contributed by atoms with van der Waals surface area (Å²) in [5.74, 6) is -3.13. The normalized spacial score (nSPS) is 10.0. The number of hydrogen-bond donors (Lipinski definition) is 0. The Hall–Kier alpha value is -1.79. The lowest BCUT2D eigenvalue weighted by molar-refractivity contribution is 0.00613. The van der Waals surface area contributed by atoms with Crippen LogP contribution in [0.15, 0.2) is 23.3 Å². The molecule has 5 heteroatoms. The van der Waals surface area contributed by atoms with E-state index in [2.05, 4.69) is 22.2 Å². The molecule has 0 unspecified atom stereocenters. The Balaban J connectivity index is 2.87. The molecular formula is C8H5F2N3. The Labute approximate surface area is 73.6 Å². The van der Waals surface area contributed by atoms with Gasteiger partial charge in [-0.25, -0.2) is 8.78 Å². The van der Waals surface area contributed by atoms with Crippen LogP contribution in [0.25, 0.3) is 10.4 Å². The molecule has 0 heterocycles. The fraction of sp³-hybridized carbons (Fsp3) is 0.250. The SMILES string of the molecule is [N-]=[N+]=NCC(F)(F)c1cc#ccc1. The smallest absolute Gasteiger partial charge is 0.201 e. The average molecular weight is 181 g/mol. The highest BCUT2D eigenvalue weighted by Gasteiger charge is 2.30. The van der Waals surface area contributed by atoms with Gasteiger partial charge in [-0.2, -0.15) is 0 Å². The number of nitrogens with zero attached hydrogens (tertiary/aromatic N) is 3. The van der Waals surface area contributed by atoms with Crippen molar-refractivity contribution in [3.05, 3.63) is 46.3 Å². The molecule has 0 N–H and O–H groups in total. The minimum atomic E-state index is -3.13. The maximum Gasteiger partial charge on any atom is 0.279 e. The van der Waals surface area contributed by atoms with Gasteiger partial charge in [0.2, 0.25) is 0 Å². The summed E-state index contributed by atoms with van der Waals surface area (Å²) in [5, 5.41) is 2.83. The fourth-order valence-corrected chi connectivity index (χ4v) is 0.786. The van der Waals surface area contributed by atoms with Crippen molar-refractivity contribution in [3.8, 4) is 0 Å². The summed E-state index contributed by atoms with van der Waals surface area (Å²) >= 11 is 0. The van der Waals surface area contributed by atoms with Crippen molar-refractivity contribution in [1.29, 1.82) is 0 Å². The van der Waals surface area contributed by atoms with Crippen molar-refractivity contribution in [1.82, 2.24) is 0 Å². The second-order valence-electron chi connectivity index (χ2n) is 2.32. The van der Waals surface area contributed by atoms with E-state index in [-0.39, 0.29) is 5.56 Å². The molecule has 1 rings (SSSR count). The van der Waals surface area contributed by atoms with Crippen LogP contribution in [-0.2, 0) is 5.92 Å². The first-order chi connectivity index (χ1) is 6.17. The van der Waals surface area contributed by atoms with Gasteiger partial charge in [-0.3, -0.25) is 0 Å². The lowest BCUT2D eigenvalue weighted by Crippen LogP contribution is -2.16. The zero-order chi connectivity index (χ0) is 9.73. The molecule has 0 fully saturated rings. The van der Waals surface area contributed by atoms with Crippen LogP contribution in [0.3, 0.4) is 0 Å². The lowest BCUT2D eigenvalue weighted by atomic mass is 10.1. The molecule has 0 saturated heterocycles. The highest BCUT2D eigenvalue weighted by atomic mass is 19.3. The first-order valence-corrected chi connectivity index (χ1v) is 3.44. The lowest BCUT2D eigenvalue weighted by Gasteiger charge is -2.11. The van der Waals surface area contributed by atoms with Gasteiger partial charge in [0.1, 0.15) is 0 Å². The summed E-state index contributed by atoms with van der Waals surface area (Å²) in [6.07, 6.45) is 0. The van der Waals surface area contributed by atoms with Crippen molar-refractivity contribution in [2.24, 2.45) is 5.11 Å². The van der Waals surface area contributed by atoms with E-state index in [1.54, 1.807) is 0 Å². The summed E-state index contributed by atoms with van der Waals surface area (Å²) in [6, 6.07) is 8.57. The third-order valence-corrected chi connectivity index (χ3v) is 1.41. The van der Waals surface area contributed by atoms with E-state index >= 15 is 0 Å². The average Bonchev–Trinajstić information content (AvgIpc) is 2.16. The molecule has 0 atom stereocenters.